The predicted molar refractivity (Wildman–Crippen MR) is 269 cm³/mol. The molecule has 2 aliphatic rings. The Morgan fingerprint density at radius 2 is 0.779 bits per heavy atom. The SMILES string of the molecule is CC(C)(C)C1=CC(=C(/N=N/c2cc(C(F)(F)F)c(-c3cc(Br)c(/N=N/C(=C4C=C(C(C)(C)C)C(=O)C(C(C)(C)C)=C4)c4cccs4)cc3C(F)(F)F)cc2Br)c2cccs2)C=C(C(C)(C)C)C1=O. The third-order valence-electron chi connectivity index (χ3n) is 11.1. The van der Waals surface area contributed by atoms with E-state index in [1.165, 1.54) is 22.7 Å². The summed E-state index contributed by atoms with van der Waals surface area (Å²) in [6, 6.07) is 10.3. The first-order valence-electron chi connectivity index (χ1n) is 21.4. The largest absolute Gasteiger partial charge is 0.417 e. The summed E-state index contributed by atoms with van der Waals surface area (Å²) >= 11 is 9.23. The lowest BCUT2D eigenvalue weighted by molar-refractivity contribution is -0.139. The van der Waals surface area contributed by atoms with E-state index in [9.17, 15) is 9.59 Å². The summed E-state index contributed by atoms with van der Waals surface area (Å²) in [7, 11) is 0. The van der Waals surface area contributed by atoms with Crippen LogP contribution in [0.4, 0.5) is 37.7 Å². The first-order chi connectivity index (χ1) is 31.2. The van der Waals surface area contributed by atoms with Crippen molar-refractivity contribution in [3.05, 3.63) is 147 Å². The molecule has 2 aromatic carbocycles. The highest BCUT2D eigenvalue weighted by molar-refractivity contribution is 9.11. The number of Topliss-reactive ketones (excluding diaryl/α,β-unsaturated/α-hetero) is 2. The first kappa shape index (κ1) is 52.7. The summed E-state index contributed by atoms with van der Waals surface area (Å²) in [6.07, 6.45) is -3.40. The molecular weight excluding hydrogens is 1050 g/mol. The van der Waals surface area contributed by atoms with E-state index in [2.05, 4.69) is 52.3 Å². The molecule has 2 aliphatic carbocycles. The number of allylic oxidation sites excluding steroid dienone is 10. The van der Waals surface area contributed by atoms with Gasteiger partial charge < -0.3 is 0 Å². The molecule has 6 rings (SSSR count). The van der Waals surface area contributed by atoms with Gasteiger partial charge in [0.15, 0.2) is 11.6 Å². The summed E-state index contributed by atoms with van der Waals surface area (Å²) < 4.78 is 90.8. The van der Waals surface area contributed by atoms with E-state index in [1.54, 1.807) is 59.3 Å². The van der Waals surface area contributed by atoms with E-state index in [1.807, 2.05) is 83.1 Å². The summed E-state index contributed by atoms with van der Waals surface area (Å²) in [4.78, 5) is 28.7. The van der Waals surface area contributed by atoms with Gasteiger partial charge >= 0.3 is 12.4 Å². The Kier molecular flexibility index (Phi) is 14.7. The average molecular weight is 1100 g/mol. The van der Waals surface area contributed by atoms with Crippen LogP contribution in [0.25, 0.3) is 22.5 Å². The number of carbonyl (C=O) groups excluding carboxylic acids is 2. The second kappa shape index (κ2) is 18.9. The van der Waals surface area contributed by atoms with E-state index in [0.717, 1.165) is 12.1 Å². The molecule has 0 fully saturated rings. The Balaban J connectivity index is 1.52. The molecule has 0 saturated carbocycles. The van der Waals surface area contributed by atoms with Gasteiger partial charge in [0, 0.05) is 42.4 Å². The number of carbonyl (C=O) groups is 2. The van der Waals surface area contributed by atoms with Crippen molar-refractivity contribution in [1.29, 1.82) is 0 Å². The quantitative estimate of drug-likeness (QED) is 0.136. The molecule has 0 bridgehead atoms. The molecular formula is C52H50Br2F6N4O2S2. The lowest BCUT2D eigenvalue weighted by Crippen LogP contribution is -2.28. The fourth-order valence-corrected chi connectivity index (χ4v) is 9.79. The fourth-order valence-electron chi connectivity index (χ4n) is 7.48. The van der Waals surface area contributed by atoms with E-state index in [4.69, 9.17) is 0 Å². The highest BCUT2D eigenvalue weighted by Gasteiger charge is 2.41. The Morgan fingerprint density at radius 1 is 0.485 bits per heavy atom. The van der Waals surface area contributed by atoms with Crippen LogP contribution in [0.15, 0.2) is 146 Å². The number of thiophene rings is 2. The van der Waals surface area contributed by atoms with Crippen LogP contribution in [-0.2, 0) is 21.9 Å². The molecule has 2 aromatic heterocycles. The van der Waals surface area contributed by atoms with Crippen LogP contribution in [0.3, 0.4) is 0 Å². The molecule has 16 heteroatoms. The van der Waals surface area contributed by atoms with Gasteiger partial charge in [0.05, 0.1) is 20.9 Å². The van der Waals surface area contributed by atoms with Crippen molar-refractivity contribution in [2.24, 2.45) is 42.1 Å². The maximum Gasteiger partial charge on any atom is 0.417 e. The molecule has 2 heterocycles. The lowest BCUT2D eigenvalue weighted by atomic mass is 9.71. The standard InChI is InChI=1S/C52H50Br2F6N4O2S2/c1-47(2,3)33-19-27(20-34(45(33)65)48(4,5)6)43(41-15-13-17-67-41)63-61-39-25-31(51(55,56)57)29(23-37(39)53)30-24-38(54)40(26-32(30)52(58,59)60)62-64-44(42-16-14-18-68-42)28-21-35(49(7,8)9)46(66)36(22-28)50(10,11)12/h13-26H,1-12H3/b63-61+,64-62+. The normalized spacial score (nSPS) is 15.9. The van der Waals surface area contributed by atoms with Crippen molar-refractivity contribution >= 4 is 88.9 Å². The molecule has 0 unspecified atom stereocenters. The molecule has 6 nitrogen and oxygen atoms in total. The Bertz CT molecular complexity index is 2670. The zero-order chi connectivity index (χ0) is 50.7. The number of ketones is 2. The van der Waals surface area contributed by atoms with Crippen molar-refractivity contribution in [3.63, 3.8) is 0 Å². The molecule has 358 valence electrons. The molecule has 0 atom stereocenters. The number of benzene rings is 2. The predicted octanol–water partition coefficient (Wildman–Crippen LogP) is 19.1. The highest BCUT2D eigenvalue weighted by atomic mass is 79.9. The lowest BCUT2D eigenvalue weighted by Gasteiger charge is -2.31. The number of nitrogens with zero attached hydrogens (tertiary/aromatic N) is 4. The minimum absolute atomic E-state index is 0.0630. The molecule has 0 spiro atoms. The summed E-state index contributed by atoms with van der Waals surface area (Å²) in [5.41, 5.74) is -3.48. The Labute approximate surface area is 417 Å². The van der Waals surface area contributed by atoms with Crippen molar-refractivity contribution in [2.45, 2.75) is 95.4 Å². The van der Waals surface area contributed by atoms with Crippen molar-refractivity contribution in [2.75, 3.05) is 0 Å². The van der Waals surface area contributed by atoms with Crippen LogP contribution in [0.1, 0.15) is 104 Å². The van der Waals surface area contributed by atoms with E-state index < -0.39 is 56.3 Å². The third kappa shape index (κ3) is 11.5. The van der Waals surface area contributed by atoms with E-state index in [0.29, 0.717) is 66.7 Å². The van der Waals surface area contributed by atoms with Crippen molar-refractivity contribution < 1.29 is 35.9 Å². The second-order valence-corrected chi connectivity index (χ2v) is 24.2. The van der Waals surface area contributed by atoms with Crippen LogP contribution in [0, 0.1) is 21.7 Å². The molecule has 0 saturated heterocycles. The number of hydrogen-bond donors (Lipinski definition) is 0. The second-order valence-electron chi connectivity index (χ2n) is 20.5. The molecule has 4 aromatic rings. The van der Waals surface area contributed by atoms with Crippen molar-refractivity contribution in [3.8, 4) is 11.1 Å². The van der Waals surface area contributed by atoms with Gasteiger partial charge in [0.2, 0.25) is 0 Å². The van der Waals surface area contributed by atoms with Gasteiger partial charge in [-0.3, -0.25) is 9.59 Å². The van der Waals surface area contributed by atoms with Crippen LogP contribution >= 0.6 is 54.5 Å². The van der Waals surface area contributed by atoms with Gasteiger partial charge in [0.25, 0.3) is 0 Å². The van der Waals surface area contributed by atoms with Crippen LogP contribution in [0.5, 0.6) is 0 Å². The highest BCUT2D eigenvalue weighted by Crippen LogP contribution is 2.50. The van der Waals surface area contributed by atoms with Crippen molar-refractivity contribution in [1.82, 2.24) is 0 Å². The zero-order valence-corrected chi connectivity index (χ0v) is 44.3. The molecule has 0 radical (unpaired) electrons. The van der Waals surface area contributed by atoms with Crippen LogP contribution in [-0.4, -0.2) is 11.6 Å². The Morgan fingerprint density at radius 3 is 1.01 bits per heavy atom. The maximum absolute atomic E-state index is 15.2. The number of rotatable bonds is 7. The summed E-state index contributed by atoms with van der Waals surface area (Å²) in [5, 5.41) is 21.1. The fraction of sp³-hybridized carbons (Fsp3) is 0.346. The monoisotopic (exact) mass is 1100 g/mol. The Hall–Kier alpha value is -4.64. The number of azo groups is 2. The summed E-state index contributed by atoms with van der Waals surface area (Å²) in [5.74, 6) is -0.244. The van der Waals surface area contributed by atoms with Gasteiger partial charge in [0.1, 0.15) is 22.8 Å². The average Bonchev–Trinajstić information content (AvgIpc) is 3.93. The van der Waals surface area contributed by atoms with Gasteiger partial charge in [-0.1, -0.05) is 95.2 Å². The van der Waals surface area contributed by atoms with Gasteiger partial charge in [-0.05, 0) is 136 Å². The number of halogens is 8. The smallest absolute Gasteiger partial charge is 0.289 e. The van der Waals surface area contributed by atoms with E-state index in [-0.39, 0.29) is 31.9 Å². The van der Waals surface area contributed by atoms with Gasteiger partial charge in [-0.2, -0.15) is 26.3 Å². The molecule has 0 N–H and O–H groups in total. The number of hydrogen-bond acceptors (Lipinski definition) is 8. The van der Waals surface area contributed by atoms with E-state index >= 15 is 26.3 Å². The maximum atomic E-state index is 15.2. The number of alkyl halides is 6. The third-order valence-corrected chi connectivity index (χ3v) is 14.1. The zero-order valence-electron chi connectivity index (χ0n) is 39.5. The minimum atomic E-state index is -5.15. The minimum Gasteiger partial charge on any atom is -0.289 e. The topological polar surface area (TPSA) is 83.6 Å². The van der Waals surface area contributed by atoms with Crippen LogP contribution in [0.2, 0.25) is 0 Å². The molecule has 68 heavy (non-hydrogen) atoms. The first-order valence-corrected chi connectivity index (χ1v) is 24.7. The molecule has 0 aliphatic heterocycles. The van der Waals surface area contributed by atoms with Gasteiger partial charge in [-0.15, -0.1) is 43.1 Å². The van der Waals surface area contributed by atoms with Crippen LogP contribution < -0.4 is 0 Å². The van der Waals surface area contributed by atoms with Gasteiger partial charge in [-0.25, -0.2) is 0 Å². The summed E-state index contributed by atoms with van der Waals surface area (Å²) in [6.45, 7) is 22.9. The molecule has 0 amide bonds.